The Morgan fingerprint density at radius 3 is 2.50 bits per heavy atom. The number of hydrogen-bond donors (Lipinski definition) is 0. The van der Waals surface area contributed by atoms with Crippen molar-refractivity contribution in [3.8, 4) is 5.75 Å². The fraction of sp³-hybridized carbons (Fsp3) is 0.310. The van der Waals surface area contributed by atoms with E-state index in [1.54, 1.807) is 38.0 Å². The smallest absolute Gasteiger partial charge is 0.338 e. The Labute approximate surface area is 224 Å². The molecule has 8 nitrogen and oxygen atoms in total. The minimum atomic E-state index is -0.756. The fourth-order valence-electron chi connectivity index (χ4n) is 4.98. The van der Waals surface area contributed by atoms with E-state index in [0.29, 0.717) is 44.0 Å². The van der Waals surface area contributed by atoms with Crippen LogP contribution in [0, 0.1) is 0 Å². The van der Waals surface area contributed by atoms with Gasteiger partial charge in [-0.3, -0.25) is 14.2 Å². The summed E-state index contributed by atoms with van der Waals surface area (Å²) >= 11 is 1.18. The molecule has 5 rings (SSSR count). The summed E-state index contributed by atoms with van der Waals surface area (Å²) in [5.74, 6) is -0.0603. The summed E-state index contributed by atoms with van der Waals surface area (Å²) in [6, 6.07) is 14.0. The second-order valence-electron chi connectivity index (χ2n) is 9.10. The third-order valence-electron chi connectivity index (χ3n) is 6.81. The Bertz CT molecular complexity index is 1630. The van der Waals surface area contributed by atoms with Crippen molar-refractivity contribution in [1.82, 2.24) is 4.57 Å². The second-order valence-corrected chi connectivity index (χ2v) is 10.1. The lowest BCUT2D eigenvalue weighted by Gasteiger charge is -2.24. The maximum absolute atomic E-state index is 14.1. The molecule has 0 fully saturated rings. The molecule has 3 heterocycles. The first kappa shape index (κ1) is 25.7. The number of allylic oxidation sites excluding steroid dienone is 1. The van der Waals surface area contributed by atoms with Crippen LogP contribution in [0.3, 0.4) is 0 Å². The fourth-order valence-corrected chi connectivity index (χ4v) is 6.12. The van der Waals surface area contributed by atoms with Gasteiger partial charge in [-0.1, -0.05) is 55.0 Å². The van der Waals surface area contributed by atoms with E-state index in [4.69, 9.17) is 9.47 Å². The van der Waals surface area contributed by atoms with E-state index in [-0.39, 0.29) is 18.1 Å². The van der Waals surface area contributed by atoms with Crippen molar-refractivity contribution >= 4 is 34.5 Å². The van der Waals surface area contributed by atoms with Gasteiger partial charge in [-0.25, -0.2) is 9.79 Å². The molecular formula is C29H29N3O5S. The summed E-state index contributed by atoms with van der Waals surface area (Å²) in [7, 11) is 1.58. The number of fused-ring (bicyclic) bond motifs is 2. The summed E-state index contributed by atoms with van der Waals surface area (Å²) in [5.41, 5.74) is 3.05. The van der Waals surface area contributed by atoms with Crippen LogP contribution in [0.4, 0.5) is 5.69 Å². The number of unbranched alkanes of at least 4 members (excludes halogenated alkanes) is 1. The minimum absolute atomic E-state index is 0.188. The number of benzene rings is 2. The Morgan fingerprint density at radius 2 is 1.82 bits per heavy atom. The topological polar surface area (TPSA) is 90.2 Å². The summed E-state index contributed by atoms with van der Waals surface area (Å²) in [6.45, 7) is 6.33. The van der Waals surface area contributed by atoms with Crippen LogP contribution >= 0.6 is 11.3 Å². The lowest BCUT2D eigenvalue weighted by molar-refractivity contribution is -0.139. The van der Waals surface area contributed by atoms with Gasteiger partial charge < -0.3 is 14.4 Å². The highest BCUT2D eigenvalue weighted by Crippen LogP contribution is 2.36. The first-order chi connectivity index (χ1) is 18.4. The molecule has 9 heteroatoms. The van der Waals surface area contributed by atoms with Gasteiger partial charge in [-0.2, -0.15) is 0 Å². The molecule has 0 saturated heterocycles. The number of esters is 1. The van der Waals surface area contributed by atoms with Gasteiger partial charge in [-0.15, -0.1) is 0 Å². The van der Waals surface area contributed by atoms with E-state index in [1.807, 2.05) is 36.4 Å². The van der Waals surface area contributed by atoms with Gasteiger partial charge in [-0.05, 0) is 44.0 Å². The molecule has 0 N–H and O–H groups in total. The summed E-state index contributed by atoms with van der Waals surface area (Å²) < 4.78 is 12.5. The predicted molar refractivity (Wildman–Crippen MR) is 146 cm³/mol. The number of anilines is 1. The Morgan fingerprint density at radius 1 is 1.08 bits per heavy atom. The highest BCUT2D eigenvalue weighted by Gasteiger charge is 2.37. The van der Waals surface area contributed by atoms with E-state index in [2.05, 4.69) is 11.9 Å². The lowest BCUT2D eigenvalue weighted by atomic mass is 9.96. The summed E-state index contributed by atoms with van der Waals surface area (Å²) in [5, 5.41) is 0. The van der Waals surface area contributed by atoms with E-state index < -0.39 is 12.0 Å². The average Bonchev–Trinajstić information content (AvgIpc) is 3.38. The predicted octanol–water partition coefficient (Wildman–Crippen LogP) is 3.32. The van der Waals surface area contributed by atoms with Gasteiger partial charge in [0, 0.05) is 12.1 Å². The summed E-state index contributed by atoms with van der Waals surface area (Å²) in [6.07, 6.45) is 1.80. The zero-order chi connectivity index (χ0) is 27.0. The van der Waals surface area contributed by atoms with Crippen LogP contribution < -0.4 is 24.5 Å². The Balaban J connectivity index is 1.77. The van der Waals surface area contributed by atoms with Gasteiger partial charge >= 0.3 is 5.97 Å². The van der Waals surface area contributed by atoms with Gasteiger partial charge in [0.2, 0.25) is 0 Å². The van der Waals surface area contributed by atoms with Gasteiger partial charge in [0.05, 0.1) is 42.3 Å². The standard InChI is InChI=1S/C29H29N3O5S/c1-5-7-16-31-21-11-9-8-10-20(21)23(26(31)33)25-27(34)32-24(18-12-14-19(36-4)15-13-18)22(28(35)37-6-2)17(3)30-29(32)38-25/h8-15,24H,5-7,16H2,1-4H3/b25-23+/t24-/m1/s1. The highest BCUT2D eigenvalue weighted by molar-refractivity contribution is 7.07. The average molecular weight is 532 g/mol. The highest BCUT2D eigenvalue weighted by atomic mass is 32.1. The molecule has 2 aromatic carbocycles. The van der Waals surface area contributed by atoms with E-state index >= 15 is 0 Å². The molecule has 2 aliphatic heterocycles. The monoisotopic (exact) mass is 531 g/mol. The Hall–Kier alpha value is -3.98. The molecule has 0 aliphatic carbocycles. The number of ether oxygens (including phenoxy) is 2. The zero-order valence-corrected chi connectivity index (χ0v) is 22.6. The number of para-hydroxylation sites is 1. The van der Waals surface area contributed by atoms with Crippen LogP contribution in [0.2, 0.25) is 0 Å². The number of aromatic nitrogens is 1. The van der Waals surface area contributed by atoms with Gasteiger partial charge in [0.25, 0.3) is 11.5 Å². The molecule has 196 valence electrons. The Kier molecular flexibility index (Phi) is 7.03. The number of rotatable bonds is 7. The first-order valence-electron chi connectivity index (χ1n) is 12.7. The molecule has 0 saturated carbocycles. The molecule has 38 heavy (non-hydrogen) atoms. The molecule has 2 aliphatic rings. The molecule has 3 aromatic rings. The van der Waals surface area contributed by atoms with Crippen molar-refractivity contribution in [3.63, 3.8) is 0 Å². The molecular weight excluding hydrogens is 502 g/mol. The third kappa shape index (κ3) is 4.16. The third-order valence-corrected chi connectivity index (χ3v) is 7.86. The van der Waals surface area contributed by atoms with E-state index in [9.17, 15) is 14.4 Å². The van der Waals surface area contributed by atoms with E-state index in [1.165, 1.54) is 15.9 Å². The number of methoxy groups -OCH3 is 1. The zero-order valence-electron chi connectivity index (χ0n) is 21.8. The molecule has 0 spiro atoms. The van der Waals surface area contributed by atoms with Crippen molar-refractivity contribution in [1.29, 1.82) is 0 Å². The van der Waals surface area contributed by atoms with Crippen LogP contribution in [-0.2, 0) is 14.3 Å². The number of amides is 1. The van der Waals surface area contributed by atoms with Crippen molar-refractivity contribution in [2.24, 2.45) is 4.99 Å². The van der Waals surface area contributed by atoms with Crippen molar-refractivity contribution in [2.45, 2.75) is 39.7 Å². The molecule has 1 atom stereocenters. The normalized spacial score (nSPS) is 17.7. The largest absolute Gasteiger partial charge is 0.497 e. The van der Waals surface area contributed by atoms with Crippen LogP contribution in [-0.4, -0.2) is 36.7 Å². The van der Waals surface area contributed by atoms with Gasteiger partial charge in [0.1, 0.15) is 10.3 Å². The first-order valence-corrected chi connectivity index (χ1v) is 13.5. The van der Waals surface area contributed by atoms with E-state index in [0.717, 1.165) is 24.1 Å². The number of hydrogen-bond acceptors (Lipinski definition) is 7. The maximum atomic E-state index is 14.1. The number of thiazole rings is 1. The molecule has 1 aromatic heterocycles. The number of nitrogens with zero attached hydrogens (tertiary/aromatic N) is 3. The molecule has 0 bridgehead atoms. The van der Waals surface area contributed by atoms with Crippen LogP contribution in [0.25, 0.3) is 5.57 Å². The van der Waals surface area contributed by atoms with Gasteiger partial charge in [0.15, 0.2) is 4.80 Å². The number of carbonyl (C=O) groups excluding carboxylic acids is 2. The van der Waals surface area contributed by atoms with Crippen molar-refractivity contribution < 1.29 is 19.1 Å². The van der Waals surface area contributed by atoms with Crippen LogP contribution in [0.15, 0.2) is 69.6 Å². The molecule has 1 amide bonds. The molecule has 0 radical (unpaired) electrons. The van der Waals surface area contributed by atoms with Crippen molar-refractivity contribution in [2.75, 3.05) is 25.2 Å². The second kappa shape index (κ2) is 10.4. The lowest BCUT2D eigenvalue weighted by Crippen LogP contribution is -2.41. The molecule has 0 unspecified atom stereocenters. The van der Waals surface area contributed by atoms with Crippen molar-refractivity contribution in [3.05, 3.63) is 90.6 Å². The van der Waals surface area contributed by atoms with Crippen LogP contribution in [0.5, 0.6) is 5.75 Å². The van der Waals surface area contributed by atoms with Crippen LogP contribution in [0.1, 0.15) is 50.8 Å². The number of carbonyl (C=O) groups is 2. The minimum Gasteiger partial charge on any atom is -0.497 e. The quantitative estimate of drug-likeness (QED) is 0.437. The maximum Gasteiger partial charge on any atom is 0.338 e. The summed E-state index contributed by atoms with van der Waals surface area (Å²) in [4.78, 5) is 47.8. The SMILES string of the molecule is CCCCN1C(=O)/C(=c2/sc3n(c2=O)[C@H](c2ccc(OC)cc2)C(C(=O)OCC)=C(C)N=3)c2ccccc21.